The topological polar surface area (TPSA) is 86.2 Å². The van der Waals surface area contributed by atoms with Gasteiger partial charge in [0.1, 0.15) is 0 Å². The molecule has 0 heterocycles. The van der Waals surface area contributed by atoms with E-state index >= 15 is 0 Å². The third-order valence-electron chi connectivity index (χ3n) is 1.47. The van der Waals surface area contributed by atoms with Crippen molar-refractivity contribution < 1.29 is 8.42 Å². The highest BCUT2D eigenvalue weighted by molar-refractivity contribution is 7.88. The average molecular weight is 221 g/mol. The third-order valence-corrected chi connectivity index (χ3v) is 2.64. The zero-order chi connectivity index (χ0) is 10.1. The number of hydrogen-bond donors (Lipinski definition) is 2. The number of benzene rings is 1. The molecule has 0 spiro atoms. The van der Waals surface area contributed by atoms with Crippen molar-refractivity contribution in [1.29, 1.82) is 0 Å². The molecule has 6 heteroatoms. The van der Waals surface area contributed by atoms with Gasteiger partial charge in [-0.05, 0) is 11.6 Å². The summed E-state index contributed by atoms with van der Waals surface area (Å²) in [5.74, 6) is -0.295. The van der Waals surface area contributed by atoms with E-state index in [0.29, 0.717) is 11.3 Å². The molecule has 0 atom stereocenters. The fourth-order valence-corrected chi connectivity index (χ4v) is 1.87. The van der Waals surface area contributed by atoms with Crippen molar-refractivity contribution in [2.24, 2.45) is 5.14 Å². The number of sulfonamides is 1. The average Bonchev–Trinajstić information content (AvgIpc) is 1.96. The summed E-state index contributed by atoms with van der Waals surface area (Å²) in [5.41, 5.74) is 6.24. The second kappa shape index (κ2) is 3.53. The van der Waals surface area contributed by atoms with Crippen molar-refractivity contribution in [3.63, 3.8) is 0 Å². The van der Waals surface area contributed by atoms with Crippen molar-refractivity contribution in [2.75, 3.05) is 5.73 Å². The van der Waals surface area contributed by atoms with Crippen LogP contribution in [0.25, 0.3) is 0 Å². The summed E-state index contributed by atoms with van der Waals surface area (Å²) in [5, 5.41) is 5.11. The molecular formula is C7H9ClN2O2S. The van der Waals surface area contributed by atoms with Crippen LogP contribution in [-0.4, -0.2) is 8.42 Å². The lowest BCUT2D eigenvalue weighted by molar-refractivity contribution is 0.597. The summed E-state index contributed by atoms with van der Waals surface area (Å²) < 4.78 is 21.5. The first-order valence-corrected chi connectivity index (χ1v) is 5.53. The fraction of sp³-hybridized carbons (Fsp3) is 0.143. The molecule has 0 radical (unpaired) electrons. The molecule has 0 saturated heterocycles. The van der Waals surface area contributed by atoms with E-state index in [1.807, 2.05) is 0 Å². The molecule has 0 amide bonds. The van der Waals surface area contributed by atoms with Gasteiger partial charge >= 0.3 is 0 Å². The lowest BCUT2D eigenvalue weighted by atomic mass is 10.2. The lowest BCUT2D eigenvalue weighted by Crippen LogP contribution is -2.14. The Labute approximate surface area is 81.5 Å². The summed E-state index contributed by atoms with van der Waals surface area (Å²) in [6.07, 6.45) is 0. The first-order chi connectivity index (χ1) is 5.90. The van der Waals surface area contributed by atoms with Crippen molar-refractivity contribution in [2.45, 2.75) is 5.75 Å². The largest absolute Gasteiger partial charge is 0.398 e. The van der Waals surface area contributed by atoms with E-state index in [2.05, 4.69) is 0 Å². The first kappa shape index (κ1) is 10.3. The Hall–Kier alpha value is -0.780. The van der Waals surface area contributed by atoms with Crippen LogP contribution in [0.5, 0.6) is 0 Å². The smallest absolute Gasteiger partial charge is 0.213 e. The molecular weight excluding hydrogens is 212 g/mol. The van der Waals surface area contributed by atoms with Gasteiger partial charge in [0.2, 0.25) is 10.0 Å². The highest BCUT2D eigenvalue weighted by Crippen LogP contribution is 2.23. The number of nitrogens with two attached hydrogens (primary N) is 2. The van der Waals surface area contributed by atoms with Gasteiger partial charge in [-0.15, -0.1) is 0 Å². The minimum absolute atomic E-state index is 0.247. The molecule has 72 valence electrons. The molecule has 0 aliphatic carbocycles. The van der Waals surface area contributed by atoms with Crippen LogP contribution in [0.15, 0.2) is 18.2 Å². The number of hydrogen-bond acceptors (Lipinski definition) is 3. The number of halogens is 1. The van der Waals surface area contributed by atoms with E-state index in [0.717, 1.165) is 0 Å². The molecule has 0 unspecified atom stereocenters. The first-order valence-electron chi connectivity index (χ1n) is 3.43. The van der Waals surface area contributed by atoms with Gasteiger partial charge in [0, 0.05) is 0 Å². The Morgan fingerprint density at radius 2 is 2.00 bits per heavy atom. The van der Waals surface area contributed by atoms with Crippen molar-refractivity contribution in [3.05, 3.63) is 28.8 Å². The maximum absolute atomic E-state index is 10.7. The van der Waals surface area contributed by atoms with Gasteiger partial charge < -0.3 is 5.73 Å². The van der Waals surface area contributed by atoms with Crippen LogP contribution >= 0.6 is 11.6 Å². The minimum Gasteiger partial charge on any atom is -0.398 e. The van der Waals surface area contributed by atoms with Gasteiger partial charge in [-0.25, -0.2) is 13.6 Å². The van der Waals surface area contributed by atoms with Crippen LogP contribution in [0.4, 0.5) is 5.69 Å². The number of rotatable bonds is 2. The van der Waals surface area contributed by atoms with Crippen LogP contribution in [0, 0.1) is 0 Å². The molecule has 0 aliphatic rings. The van der Waals surface area contributed by atoms with Gasteiger partial charge in [0.25, 0.3) is 0 Å². The van der Waals surface area contributed by atoms with Crippen LogP contribution in [-0.2, 0) is 15.8 Å². The number of primary sulfonamides is 1. The molecule has 0 bridgehead atoms. The molecule has 0 aliphatic heterocycles. The maximum atomic E-state index is 10.7. The summed E-state index contributed by atoms with van der Waals surface area (Å²) in [6, 6.07) is 4.79. The van der Waals surface area contributed by atoms with E-state index in [1.54, 1.807) is 18.2 Å². The van der Waals surface area contributed by atoms with E-state index in [-0.39, 0.29) is 10.8 Å². The van der Waals surface area contributed by atoms with Crippen molar-refractivity contribution >= 4 is 27.3 Å². The second-order valence-electron chi connectivity index (χ2n) is 2.63. The third kappa shape index (κ3) is 2.87. The summed E-state index contributed by atoms with van der Waals surface area (Å²) >= 11 is 5.75. The minimum atomic E-state index is -3.56. The standard InChI is InChI=1S/C7H9ClN2O2S/c8-7-5(4-13(10,11)12)2-1-3-6(7)9/h1-3H,4,9H2,(H2,10,11,12). The molecule has 0 saturated carbocycles. The monoisotopic (exact) mass is 220 g/mol. The number of nitrogen functional groups attached to an aromatic ring is 1. The second-order valence-corrected chi connectivity index (χ2v) is 4.62. The van der Waals surface area contributed by atoms with Gasteiger partial charge in [0.15, 0.2) is 0 Å². The highest BCUT2D eigenvalue weighted by atomic mass is 35.5. The van der Waals surface area contributed by atoms with E-state index < -0.39 is 10.0 Å². The van der Waals surface area contributed by atoms with Crippen LogP contribution in [0.3, 0.4) is 0 Å². The molecule has 0 aromatic heterocycles. The van der Waals surface area contributed by atoms with E-state index in [9.17, 15) is 8.42 Å². The van der Waals surface area contributed by atoms with Gasteiger partial charge in [-0.1, -0.05) is 23.7 Å². The van der Waals surface area contributed by atoms with Crippen LogP contribution < -0.4 is 10.9 Å². The summed E-state index contributed by atoms with van der Waals surface area (Å²) in [6.45, 7) is 0. The fourth-order valence-electron chi connectivity index (χ4n) is 0.928. The molecule has 0 fully saturated rings. The molecule has 13 heavy (non-hydrogen) atoms. The SMILES string of the molecule is Nc1cccc(CS(N)(=O)=O)c1Cl. The Bertz CT molecular complexity index is 417. The number of anilines is 1. The van der Waals surface area contributed by atoms with Gasteiger partial charge in [0.05, 0.1) is 16.5 Å². The molecule has 4 N–H and O–H groups in total. The Kier molecular flexibility index (Phi) is 2.80. The van der Waals surface area contributed by atoms with E-state index in [4.69, 9.17) is 22.5 Å². The quantitative estimate of drug-likeness (QED) is 0.720. The predicted molar refractivity (Wildman–Crippen MR) is 52.7 cm³/mol. The van der Waals surface area contributed by atoms with Crippen molar-refractivity contribution in [3.8, 4) is 0 Å². The van der Waals surface area contributed by atoms with Gasteiger partial charge in [-0.2, -0.15) is 0 Å². The van der Waals surface area contributed by atoms with Crippen molar-refractivity contribution in [1.82, 2.24) is 0 Å². The molecule has 4 nitrogen and oxygen atoms in total. The lowest BCUT2D eigenvalue weighted by Gasteiger charge is -2.04. The van der Waals surface area contributed by atoms with Crippen LogP contribution in [0.1, 0.15) is 5.56 Å². The Morgan fingerprint density at radius 3 is 2.54 bits per heavy atom. The normalized spacial score (nSPS) is 11.5. The zero-order valence-electron chi connectivity index (χ0n) is 6.70. The zero-order valence-corrected chi connectivity index (χ0v) is 8.27. The van der Waals surface area contributed by atoms with E-state index in [1.165, 1.54) is 0 Å². The van der Waals surface area contributed by atoms with Gasteiger partial charge in [-0.3, -0.25) is 0 Å². The predicted octanol–water partition coefficient (Wildman–Crippen LogP) is 0.711. The maximum Gasteiger partial charge on any atom is 0.213 e. The Morgan fingerprint density at radius 1 is 1.38 bits per heavy atom. The molecule has 1 rings (SSSR count). The Balaban J connectivity index is 3.10. The van der Waals surface area contributed by atoms with Crippen LogP contribution in [0.2, 0.25) is 5.02 Å². The highest BCUT2D eigenvalue weighted by Gasteiger charge is 2.09. The summed E-state index contributed by atoms with van der Waals surface area (Å²) in [7, 11) is -3.56. The molecule has 1 aromatic carbocycles. The molecule has 1 aromatic rings. The summed E-state index contributed by atoms with van der Waals surface area (Å²) in [4.78, 5) is 0.